The Morgan fingerprint density at radius 2 is 1.90 bits per heavy atom. The lowest BCUT2D eigenvalue weighted by atomic mass is 10.1. The molecule has 0 aromatic carbocycles. The highest BCUT2D eigenvalue weighted by molar-refractivity contribution is 7.11. The second-order valence-corrected chi connectivity index (χ2v) is 6.77. The lowest BCUT2D eigenvalue weighted by Crippen LogP contribution is -2.36. The van der Waals surface area contributed by atoms with Crippen LogP contribution in [0.5, 0.6) is 0 Å². The molecule has 0 aliphatic heterocycles. The van der Waals surface area contributed by atoms with E-state index in [1.54, 1.807) is 0 Å². The topological polar surface area (TPSA) is 71.2 Å². The first-order chi connectivity index (χ1) is 9.23. The van der Waals surface area contributed by atoms with Gasteiger partial charge in [-0.15, -0.1) is 0 Å². The number of aromatic nitrogens is 1. The van der Waals surface area contributed by atoms with E-state index in [0.717, 1.165) is 11.5 Å². The average molecular weight is 298 g/mol. The Morgan fingerprint density at radius 3 is 2.35 bits per heavy atom. The molecule has 0 radical (unpaired) electrons. The van der Waals surface area contributed by atoms with E-state index in [1.165, 1.54) is 11.5 Å². The zero-order valence-electron chi connectivity index (χ0n) is 13.2. The zero-order chi connectivity index (χ0) is 15.4. The Hall–Kier alpha value is -1.30. The summed E-state index contributed by atoms with van der Waals surface area (Å²) in [5, 5.41) is 3.76. The largest absolute Gasteiger partial charge is 0.382 e. The minimum Gasteiger partial charge on any atom is -0.382 e. The molecule has 5 nitrogen and oxygen atoms in total. The molecule has 0 aliphatic carbocycles. The molecule has 1 heterocycles. The number of nitrogens with zero attached hydrogens (tertiary/aromatic N) is 2. The van der Waals surface area contributed by atoms with Gasteiger partial charge in [0.2, 0.25) is 0 Å². The summed E-state index contributed by atoms with van der Waals surface area (Å²) in [5.74, 6) is 0.676. The lowest BCUT2D eigenvalue weighted by molar-refractivity contribution is 0.0944. The van der Waals surface area contributed by atoms with Crippen LogP contribution in [0.15, 0.2) is 0 Å². The van der Waals surface area contributed by atoms with Gasteiger partial charge >= 0.3 is 0 Å². The van der Waals surface area contributed by atoms with Gasteiger partial charge in [0.05, 0.1) is 0 Å². The maximum absolute atomic E-state index is 12.3. The standard InChI is InChI=1S/C14H26N4OS/c1-8(2)7-18(10(5)6)14-11(12(15)17-20-14)13(19)16-9(3)4/h8-10H,7H2,1-6H3,(H2,15,17)(H,16,19). The molecular weight excluding hydrogens is 272 g/mol. The van der Waals surface area contributed by atoms with Crippen molar-refractivity contribution in [3.05, 3.63) is 5.56 Å². The van der Waals surface area contributed by atoms with Gasteiger partial charge in [0.25, 0.3) is 5.91 Å². The first kappa shape index (κ1) is 16.8. The Bertz CT molecular complexity index is 454. The lowest BCUT2D eigenvalue weighted by Gasteiger charge is -2.29. The number of amides is 1. The summed E-state index contributed by atoms with van der Waals surface area (Å²) in [6, 6.07) is 0.370. The third kappa shape index (κ3) is 4.10. The van der Waals surface area contributed by atoms with Crippen LogP contribution in [0.3, 0.4) is 0 Å². The van der Waals surface area contributed by atoms with Gasteiger partial charge in [0.15, 0.2) is 5.82 Å². The van der Waals surface area contributed by atoms with Crippen LogP contribution in [0.25, 0.3) is 0 Å². The maximum atomic E-state index is 12.3. The van der Waals surface area contributed by atoms with Crippen LogP contribution in [-0.2, 0) is 0 Å². The van der Waals surface area contributed by atoms with E-state index >= 15 is 0 Å². The summed E-state index contributed by atoms with van der Waals surface area (Å²) < 4.78 is 4.17. The molecule has 1 aromatic rings. The molecule has 1 amide bonds. The number of carbonyl (C=O) groups excluding carboxylic acids is 1. The van der Waals surface area contributed by atoms with Crippen LogP contribution in [0.4, 0.5) is 10.8 Å². The molecular formula is C14H26N4OS. The summed E-state index contributed by atoms with van der Waals surface area (Å²) in [6.07, 6.45) is 0. The second-order valence-electron chi connectivity index (χ2n) is 6.02. The van der Waals surface area contributed by atoms with E-state index in [0.29, 0.717) is 23.3 Å². The summed E-state index contributed by atoms with van der Waals surface area (Å²) in [7, 11) is 0. The minimum atomic E-state index is -0.143. The van der Waals surface area contributed by atoms with Crippen LogP contribution >= 0.6 is 11.5 Å². The number of carbonyl (C=O) groups is 1. The van der Waals surface area contributed by atoms with E-state index < -0.39 is 0 Å². The number of nitrogens with one attached hydrogen (secondary N) is 1. The quantitative estimate of drug-likeness (QED) is 0.847. The summed E-state index contributed by atoms with van der Waals surface area (Å²) in [4.78, 5) is 14.5. The summed E-state index contributed by atoms with van der Waals surface area (Å²) in [6.45, 7) is 13.3. The van der Waals surface area contributed by atoms with E-state index in [4.69, 9.17) is 5.73 Å². The number of nitrogens with two attached hydrogens (primary N) is 1. The molecule has 0 aliphatic rings. The van der Waals surface area contributed by atoms with Gasteiger partial charge < -0.3 is 16.0 Å². The van der Waals surface area contributed by atoms with Crippen molar-refractivity contribution < 1.29 is 4.79 Å². The normalized spacial score (nSPS) is 11.4. The van der Waals surface area contributed by atoms with Crippen LogP contribution in [0, 0.1) is 5.92 Å². The number of hydrogen-bond acceptors (Lipinski definition) is 5. The van der Waals surface area contributed by atoms with Crippen molar-refractivity contribution in [2.45, 2.75) is 53.6 Å². The molecule has 114 valence electrons. The van der Waals surface area contributed by atoms with Crippen LogP contribution in [-0.4, -0.2) is 28.9 Å². The third-order valence-corrected chi connectivity index (χ3v) is 3.69. The maximum Gasteiger partial charge on any atom is 0.258 e. The first-order valence-electron chi connectivity index (χ1n) is 7.06. The molecule has 0 atom stereocenters. The molecule has 0 spiro atoms. The van der Waals surface area contributed by atoms with Crippen molar-refractivity contribution in [3.8, 4) is 0 Å². The molecule has 0 unspecified atom stereocenters. The summed E-state index contributed by atoms with van der Waals surface area (Å²) in [5.41, 5.74) is 6.41. The molecule has 0 saturated carbocycles. The van der Waals surface area contributed by atoms with Gasteiger partial charge in [-0.2, -0.15) is 4.37 Å². The Morgan fingerprint density at radius 1 is 1.30 bits per heavy atom. The first-order valence-corrected chi connectivity index (χ1v) is 7.84. The van der Waals surface area contributed by atoms with Crippen LogP contribution < -0.4 is 16.0 Å². The van der Waals surface area contributed by atoms with Gasteiger partial charge in [0, 0.05) is 18.6 Å². The molecule has 0 bridgehead atoms. The van der Waals surface area contributed by atoms with E-state index in [9.17, 15) is 4.79 Å². The van der Waals surface area contributed by atoms with E-state index in [2.05, 4.69) is 42.3 Å². The van der Waals surface area contributed by atoms with E-state index in [-0.39, 0.29) is 11.9 Å². The highest BCUT2D eigenvalue weighted by atomic mass is 32.1. The van der Waals surface area contributed by atoms with Crippen LogP contribution in [0.2, 0.25) is 0 Å². The Balaban J connectivity index is 3.14. The third-order valence-electron chi connectivity index (χ3n) is 2.79. The zero-order valence-corrected chi connectivity index (χ0v) is 14.0. The highest BCUT2D eigenvalue weighted by Gasteiger charge is 2.25. The Labute approximate surface area is 125 Å². The number of anilines is 2. The molecule has 0 fully saturated rings. The average Bonchev–Trinajstić information content (AvgIpc) is 2.66. The summed E-state index contributed by atoms with van der Waals surface area (Å²) >= 11 is 1.30. The fraction of sp³-hybridized carbons (Fsp3) is 0.714. The van der Waals surface area contributed by atoms with Gasteiger partial charge in [-0.25, -0.2) is 0 Å². The monoisotopic (exact) mass is 298 g/mol. The smallest absolute Gasteiger partial charge is 0.258 e. The fourth-order valence-electron chi connectivity index (χ4n) is 1.96. The van der Waals surface area contributed by atoms with Gasteiger partial charge in [-0.1, -0.05) is 13.8 Å². The number of hydrogen-bond donors (Lipinski definition) is 2. The molecule has 0 saturated heterocycles. The van der Waals surface area contributed by atoms with Crippen molar-refractivity contribution in [2.75, 3.05) is 17.2 Å². The predicted octanol–water partition coefficient (Wildman–Crippen LogP) is 2.73. The SMILES string of the molecule is CC(C)CN(c1snc(N)c1C(=O)NC(C)C)C(C)C. The van der Waals surface area contributed by atoms with Crippen LogP contribution in [0.1, 0.15) is 51.9 Å². The van der Waals surface area contributed by atoms with Gasteiger partial charge in [-0.3, -0.25) is 4.79 Å². The fourth-order valence-corrected chi connectivity index (χ4v) is 2.91. The highest BCUT2D eigenvalue weighted by Crippen LogP contribution is 2.32. The van der Waals surface area contributed by atoms with Gasteiger partial charge in [0.1, 0.15) is 10.6 Å². The number of rotatable bonds is 6. The minimum absolute atomic E-state index is 0.0762. The number of nitrogen functional groups attached to an aromatic ring is 1. The molecule has 1 aromatic heterocycles. The predicted molar refractivity (Wildman–Crippen MR) is 86.4 cm³/mol. The molecule has 20 heavy (non-hydrogen) atoms. The van der Waals surface area contributed by atoms with E-state index in [1.807, 2.05) is 13.8 Å². The second kappa shape index (κ2) is 6.92. The Kier molecular flexibility index (Phi) is 5.80. The van der Waals surface area contributed by atoms with Gasteiger partial charge in [-0.05, 0) is 45.1 Å². The van der Waals surface area contributed by atoms with Crippen molar-refractivity contribution in [1.29, 1.82) is 0 Å². The molecule has 1 rings (SSSR count). The van der Waals surface area contributed by atoms with Crippen molar-refractivity contribution in [1.82, 2.24) is 9.69 Å². The molecule has 6 heteroatoms. The molecule has 3 N–H and O–H groups in total. The van der Waals surface area contributed by atoms with Crippen molar-refractivity contribution in [2.24, 2.45) is 5.92 Å². The van der Waals surface area contributed by atoms with Crippen molar-refractivity contribution in [3.63, 3.8) is 0 Å². The van der Waals surface area contributed by atoms with Crippen molar-refractivity contribution >= 4 is 28.3 Å².